The van der Waals surface area contributed by atoms with Gasteiger partial charge in [0.15, 0.2) is 10.9 Å². The Labute approximate surface area is 157 Å². The van der Waals surface area contributed by atoms with Crippen LogP contribution in [0.25, 0.3) is 0 Å². The summed E-state index contributed by atoms with van der Waals surface area (Å²) < 4.78 is 5.39. The van der Waals surface area contributed by atoms with Gasteiger partial charge in [-0.1, -0.05) is 37.3 Å². The lowest BCUT2D eigenvalue weighted by atomic mass is 10.2. The number of nitro groups is 1. The van der Waals surface area contributed by atoms with Crippen molar-refractivity contribution in [3.63, 3.8) is 0 Å². The highest BCUT2D eigenvalue weighted by molar-refractivity contribution is 7.80. The summed E-state index contributed by atoms with van der Waals surface area (Å²) in [7, 11) is 0. The fourth-order valence-corrected chi connectivity index (χ4v) is 2.20. The number of rotatable bonds is 8. The Bertz CT molecular complexity index is 781. The van der Waals surface area contributed by atoms with E-state index in [4.69, 9.17) is 17.0 Å². The number of nitrogens with one attached hydrogen (secondary N) is 2. The van der Waals surface area contributed by atoms with E-state index in [1.165, 1.54) is 12.3 Å². The van der Waals surface area contributed by atoms with Crippen molar-refractivity contribution in [3.8, 4) is 5.75 Å². The maximum Gasteiger partial charge on any atom is 0.311 e. The second-order valence-corrected chi connectivity index (χ2v) is 5.78. The van der Waals surface area contributed by atoms with Crippen molar-refractivity contribution in [2.24, 2.45) is 5.10 Å². The summed E-state index contributed by atoms with van der Waals surface area (Å²) in [5.41, 5.74) is 4.26. The van der Waals surface area contributed by atoms with Gasteiger partial charge in [-0.15, -0.1) is 0 Å². The molecule has 0 fully saturated rings. The van der Waals surface area contributed by atoms with E-state index in [9.17, 15) is 10.1 Å². The molecular weight excluding hydrogens is 352 g/mol. The summed E-state index contributed by atoms with van der Waals surface area (Å²) in [5, 5.41) is 18.6. The minimum Gasteiger partial charge on any atom is -0.487 e. The molecule has 2 aromatic carbocycles. The first kappa shape index (κ1) is 19.3. The molecule has 0 aromatic heterocycles. The average molecular weight is 372 g/mol. The van der Waals surface area contributed by atoms with Gasteiger partial charge in [0.05, 0.1) is 17.7 Å². The van der Waals surface area contributed by atoms with Crippen molar-refractivity contribution >= 4 is 29.2 Å². The maximum absolute atomic E-state index is 11.2. The van der Waals surface area contributed by atoms with Crippen LogP contribution < -0.4 is 15.5 Å². The van der Waals surface area contributed by atoms with E-state index in [1.807, 2.05) is 37.3 Å². The number of nitro benzene ring substituents is 1. The lowest BCUT2D eigenvalue weighted by Crippen LogP contribution is -2.31. The molecule has 0 atom stereocenters. The topological polar surface area (TPSA) is 88.8 Å². The van der Waals surface area contributed by atoms with E-state index < -0.39 is 4.92 Å². The van der Waals surface area contributed by atoms with Crippen LogP contribution in [0.5, 0.6) is 5.75 Å². The predicted molar refractivity (Wildman–Crippen MR) is 105 cm³/mol. The Morgan fingerprint density at radius 1 is 1.31 bits per heavy atom. The van der Waals surface area contributed by atoms with Crippen molar-refractivity contribution in [1.29, 1.82) is 0 Å². The lowest BCUT2D eigenvalue weighted by Gasteiger charge is -2.07. The predicted octanol–water partition coefficient (Wildman–Crippen LogP) is 3.38. The zero-order chi connectivity index (χ0) is 18.8. The minimum atomic E-state index is -0.470. The summed E-state index contributed by atoms with van der Waals surface area (Å²) >= 11 is 5.14. The Morgan fingerprint density at radius 2 is 2.08 bits per heavy atom. The Hall–Kier alpha value is -3.00. The Kier molecular flexibility index (Phi) is 7.50. The number of hydrogen-bond acceptors (Lipinski definition) is 5. The third-order valence-corrected chi connectivity index (χ3v) is 3.55. The monoisotopic (exact) mass is 372 g/mol. The maximum atomic E-state index is 11.2. The van der Waals surface area contributed by atoms with Gasteiger partial charge in [0.25, 0.3) is 0 Å². The lowest BCUT2D eigenvalue weighted by molar-refractivity contribution is -0.385. The molecule has 0 amide bonds. The van der Waals surface area contributed by atoms with Crippen molar-refractivity contribution in [2.75, 3.05) is 6.61 Å². The zero-order valence-electron chi connectivity index (χ0n) is 14.3. The molecule has 0 aliphatic heterocycles. The molecule has 0 unspecified atom stereocenters. The highest BCUT2D eigenvalue weighted by Gasteiger charge is 2.15. The molecule has 0 saturated heterocycles. The molecule has 0 aliphatic rings. The molecule has 0 saturated carbocycles. The van der Waals surface area contributed by atoms with Crippen LogP contribution in [-0.4, -0.2) is 22.9 Å². The number of ether oxygens (including phenoxy) is 1. The molecule has 2 N–H and O–H groups in total. The molecule has 0 bridgehead atoms. The molecule has 0 radical (unpaired) electrons. The first-order valence-electron chi connectivity index (χ1n) is 8.12. The third-order valence-electron chi connectivity index (χ3n) is 3.32. The number of benzene rings is 2. The van der Waals surface area contributed by atoms with Gasteiger partial charge in [0, 0.05) is 18.2 Å². The largest absolute Gasteiger partial charge is 0.487 e. The molecule has 2 aromatic rings. The molecule has 0 spiro atoms. The Balaban J connectivity index is 1.91. The number of hydrazone groups is 1. The highest BCUT2D eigenvalue weighted by Crippen LogP contribution is 2.27. The van der Waals surface area contributed by atoms with Gasteiger partial charge in [0.2, 0.25) is 0 Å². The average Bonchev–Trinajstić information content (AvgIpc) is 2.66. The number of thiocarbonyl (C=S) groups is 1. The summed E-state index contributed by atoms with van der Waals surface area (Å²) in [6.07, 6.45) is 2.24. The van der Waals surface area contributed by atoms with Crippen LogP contribution in [0, 0.1) is 10.1 Å². The number of hydrogen-bond donors (Lipinski definition) is 2. The van der Waals surface area contributed by atoms with E-state index >= 15 is 0 Å². The van der Waals surface area contributed by atoms with E-state index in [0.29, 0.717) is 23.8 Å². The normalized spacial score (nSPS) is 10.5. The van der Waals surface area contributed by atoms with Crippen molar-refractivity contribution < 1.29 is 9.66 Å². The van der Waals surface area contributed by atoms with Crippen molar-refractivity contribution in [2.45, 2.75) is 19.9 Å². The van der Waals surface area contributed by atoms with E-state index in [2.05, 4.69) is 15.8 Å². The van der Waals surface area contributed by atoms with Crippen LogP contribution >= 0.6 is 12.2 Å². The second kappa shape index (κ2) is 10.1. The third kappa shape index (κ3) is 6.14. The standard InChI is InChI=1S/C18H20N4O3S/c1-2-10-25-17-9-8-15(11-16(17)22(23)24)13-20-21-18(26)19-12-14-6-4-3-5-7-14/h3-9,11,13H,2,10,12H2,1H3,(H2,19,21,26)/b20-13-. The van der Waals surface area contributed by atoms with E-state index in [1.54, 1.807) is 12.1 Å². The van der Waals surface area contributed by atoms with Crippen LogP contribution in [0.1, 0.15) is 24.5 Å². The van der Waals surface area contributed by atoms with Crippen LogP contribution in [0.4, 0.5) is 5.69 Å². The molecule has 2 rings (SSSR count). The minimum absolute atomic E-state index is 0.0906. The van der Waals surface area contributed by atoms with Crippen LogP contribution in [0.2, 0.25) is 0 Å². The summed E-state index contributed by atoms with van der Waals surface area (Å²) in [5.74, 6) is 0.252. The molecular formula is C18H20N4O3S. The van der Waals surface area contributed by atoms with Gasteiger partial charge < -0.3 is 10.1 Å². The van der Waals surface area contributed by atoms with Crippen LogP contribution in [0.15, 0.2) is 53.6 Å². The SMILES string of the molecule is CCCOc1ccc(/C=N\NC(=S)NCc2ccccc2)cc1[N+](=O)[O-]. The van der Waals surface area contributed by atoms with Gasteiger partial charge in [-0.3, -0.25) is 15.5 Å². The summed E-state index contributed by atoms with van der Waals surface area (Å²) in [6.45, 7) is 2.95. The van der Waals surface area contributed by atoms with Crippen molar-refractivity contribution in [1.82, 2.24) is 10.7 Å². The van der Waals surface area contributed by atoms with Crippen molar-refractivity contribution in [3.05, 3.63) is 69.8 Å². The first-order chi connectivity index (χ1) is 12.6. The van der Waals surface area contributed by atoms with Gasteiger partial charge in [-0.2, -0.15) is 5.10 Å². The zero-order valence-corrected chi connectivity index (χ0v) is 15.2. The van der Waals surface area contributed by atoms with E-state index in [0.717, 1.165) is 12.0 Å². The van der Waals surface area contributed by atoms with Gasteiger partial charge in [-0.25, -0.2) is 0 Å². The molecule has 26 heavy (non-hydrogen) atoms. The van der Waals surface area contributed by atoms with Crippen LogP contribution in [0.3, 0.4) is 0 Å². The summed E-state index contributed by atoms with van der Waals surface area (Å²) in [6, 6.07) is 14.5. The smallest absolute Gasteiger partial charge is 0.311 e. The molecule has 7 nitrogen and oxygen atoms in total. The Morgan fingerprint density at radius 3 is 2.77 bits per heavy atom. The first-order valence-corrected chi connectivity index (χ1v) is 8.53. The second-order valence-electron chi connectivity index (χ2n) is 5.37. The number of nitrogens with zero attached hydrogens (tertiary/aromatic N) is 2. The molecule has 136 valence electrons. The summed E-state index contributed by atoms with van der Waals surface area (Å²) in [4.78, 5) is 10.7. The van der Waals surface area contributed by atoms with Crippen LogP contribution in [-0.2, 0) is 6.54 Å². The van der Waals surface area contributed by atoms with E-state index in [-0.39, 0.29) is 11.4 Å². The van der Waals surface area contributed by atoms with Gasteiger partial charge in [0.1, 0.15) is 0 Å². The molecule has 0 heterocycles. The van der Waals surface area contributed by atoms with Gasteiger partial charge in [-0.05, 0) is 36.3 Å². The fourth-order valence-electron chi connectivity index (χ4n) is 2.07. The highest BCUT2D eigenvalue weighted by atomic mass is 32.1. The fraction of sp³-hybridized carbons (Fsp3) is 0.222. The molecule has 8 heteroatoms. The van der Waals surface area contributed by atoms with Gasteiger partial charge >= 0.3 is 5.69 Å². The quantitative estimate of drug-likeness (QED) is 0.320. The molecule has 0 aliphatic carbocycles.